The monoisotopic (exact) mass is 204 g/mol. The number of rotatable bonds is 2. The van der Waals surface area contributed by atoms with Gasteiger partial charge in [-0.05, 0) is 12.5 Å². The van der Waals surface area contributed by atoms with Gasteiger partial charge in [-0.2, -0.15) is 5.10 Å². The number of alkyl halides is 2. The molecule has 1 aromatic heterocycles. The molecule has 0 saturated heterocycles. The van der Waals surface area contributed by atoms with Crippen LogP contribution in [0.15, 0.2) is 17.1 Å². The fourth-order valence-corrected chi connectivity index (χ4v) is 0.792. The zero-order valence-corrected chi connectivity index (χ0v) is 8.50. The lowest BCUT2D eigenvalue weighted by atomic mass is 10.3. The van der Waals surface area contributed by atoms with Crippen molar-refractivity contribution >= 4 is 0 Å². The molecule has 3 nitrogen and oxygen atoms in total. The van der Waals surface area contributed by atoms with Crippen LogP contribution < -0.4 is 5.56 Å². The number of nitrogens with zero attached hydrogens (tertiary/aromatic N) is 2. The first-order valence-corrected chi connectivity index (χ1v) is 4.41. The lowest BCUT2D eigenvalue weighted by Crippen LogP contribution is -2.25. The fourth-order valence-electron chi connectivity index (χ4n) is 0.792. The molecule has 1 heterocycles. The molecule has 1 rings (SSSR count). The molecule has 0 bridgehead atoms. The Balaban J connectivity index is 0.000000791. The van der Waals surface area contributed by atoms with E-state index in [2.05, 4.69) is 5.10 Å². The van der Waals surface area contributed by atoms with Crippen LogP contribution in [0.5, 0.6) is 0 Å². The van der Waals surface area contributed by atoms with Gasteiger partial charge >= 0.3 is 0 Å². The summed E-state index contributed by atoms with van der Waals surface area (Å²) >= 11 is 0. The lowest BCUT2D eigenvalue weighted by molar-refractivity contribution is 0.119. The number of aryl methyl sites for hydroxylation is 1. The van der Waals surface area contributed by atoms with Crippen molar-refractivity contribution in [1.29, 1.82) is 0 Å². The van der Waals surface area contributed by atoms with Crippen molar-refractivity contribution in [3.8, 4) is 0 Å². The van der Waals surface area contributed by atoms with Crippen LogP contribution in [0.4, 0.5) is 8.78 Å². The van der Waals surface area contributed by atoms with Gasteiger partial charge in [0.15, 0.2) is 0 Å². The predicted molar refractivity (Wildman–Crippen MR) is 50.6 cm³/mol. The molecule has 0 aromatic carbocycles. The van der Waals surface area contributed by atoms with E-state index in [0.717, 1.165) is 4.68 Å². The first kappa shape index (κ1) is 12.7. The smallest absolute Gasteiger partial charge is 0.267 e. The van der Waals surface area contributed by atoms with Gasteiger partial charge in [-0.3, -0.25) is 4.79 Å². The van der Waals surface area contributed by atoms with Gasteiger partial charge in [-0.25, -0.2) is 13.5 Å². The van der Waals surface area contributed by atoms with Crippen molar-refractivity contribution in [3.05, 3.63) is 28.2 Å². The molecule has 1 aromatic rings. The highest BCUT2D eigenvalue weighted by molar-refractivity contribution is 5.02. The number of hydrogen-bond acceptors (Lipinski definition) is 2. The molecule has 0 spiro atoms. The molecular formula is C9H14F2N2O. The number of halogens is 2. The summed E-state index contributed by atoms with van der Waals surface area (Å²) in [6.45, 7) is 5.04. The van der Waals surface area contributed by atoms with Crippen molar-refractivity contribution in [2.45, 2.75) is 33.7 Å². The summed E-state index contributed by atoms with van der Waals surface area (Å²) in [6, 6.07) is 1.27. The summed E-state index contributed by atoms with van der Waals surface area (Å²) in [5.74, 6) is 0. The van der Waals surface area contributed by atoms with E-state index in [1.54, 1.807) is 6.92 Å². The second kappa shape index (κ2) is 6.23. The van der Waals surface area contributed by atoms with Gasteiger partial charge in [-0.1, -0.05) is 13.8 Å². The normalized spacial score (nSPS) is 9.57. The minimum Gasteiger partial charge on any atom is -0.268 e. The van der Waals surface area contributed by atoms with Gasteiger partial charge < -0.3 is 0 Å². The van der Waals surface area contributed by atoms with Crippen LogP contribution in [0.25, 0.3) is 0 Å². The molecule has 0 saturated carbocycles. The number of aromatic nitrogens is 2. The van der Waals surface area contributed by atoms with Crippen molar-refractivity contribution in [3.63, 3.8) is 0 Å². The van der Waals surface area contributed by atoms with Crippen LogP contribution in [0.3, 0.4) is 0 Å². The summed E-state index contributed by atoms with van der Waals surface area (Å²) in [7, 11) is 0. The van der Waals surface area contributed by atoms with Gasteiger partial charge in [0.2, 0.25) is 0 Å². The summed E-state index contributed by atoms with van der Waals surface area (Å²) in [6.07, 6.45) is -1.16. The average Bonchev–Trinajstić information content (AvgIpc) is 2.13. The highest BCUT2D eigenvalue weighted by Crippen LogP contribution is 1.94. The standard InChI is InChI=1S/C7H8F2N2O.C2H6/c1-5-2-7(12)11(10-3-5)4-6(8)9;1-2/h2-3,6H,4H2,1H3;1-2H3. The molecule has 0 atom stereocenters. The fraction of sp³-hybridized carbons (Fsp3) is 0.556. The van der Waals surface area contributed by atoms with E-state index >= 15 is 0 Å². The molecule has 0 aliphatic carbocycles. The number of hydrogen-bond donors (Lipinski definition) is 0. The third kappa shape index (κ3) is 4.11. The quantitative estimate of drug-likeness (QED) is 0.736. The van der Waals surface area contributed by atoms with E-state index in [1.807, 2.05) is 13.8 Å². The molecule has 14 heavy (non-hydrogen) atoms. The molecular weight excluding hydrogens is 190 g/mol. The topological polar surface area (TPSA) is 34.9 Å². The van der Waals surface area contributed by atoms with Crippen LogP contribution >= 0.6 is 0 Å². The third-order valence-electron chi connectivity index (χ3n) is 1.32. The second-order valence-corrected chi connectivity index (χ2v) is 2.44. The largest absolute Gasteiger partial charge is 0.268 e. The van der Waals surface area contributed by atoms with E-state index in [9.17, 15) is 13.6 Å². The molecule has 0 fully saturated rings. The zero-order chi connectivity index (χ0) is 11.1. The maximum atomic E-state index is 11.8. The van der Waals surface area contributed by atoms with Crippen LogP contribution in [0.1, 0.15) is 19.4 Å². The van der Waals surface area contributed by atoms with Gasteiger partial charge in [0.25, 0.3) is 12.0 Å². The highest BCUT2D eigenvalue weighted by atomic mass is 19.3. The molecule has 0 amide bonds. The average molecular weight is 204 g/mol. The van der Waals surface area contributed by atoms with Crippen molar-refractivity contribution in [2.75, 3.05) is 0 Å². The highest BCUT2D eigenvalue weighted by Gasteiger charge is 2.05. The molecule has 80 valence electrons. The molecule has 0 N–H and O–H groups in total. The summed E-state index contributed by atoms with van der Waals surface area (Å²) in [5, 5.41) is 3.54. The Morgan fingerprint density at radius 2 is 2.07 bits per heavy atom. The van der Waals surface area contributed by atoms with Gasteiger partial charge in [-0.15, -0.1) is 0 Å². The van der Waals surface area contributed by atoms with Crippen LogP contribution in [0.2, 0.25) is 0 Å². The third-order valence-corrected chi connectivity index (χ3v) is 1.32. The second-order valence-electron chi connectivity index (χ2n) is 2.44. The van der Waals surface area contributed by atoms with Crippen molar-refractivity contribution in [1.82, 2.24) is 9.78 Å². The van der Waals surface area contributed by atoms with E-state index in [4.69, 9.17) is 0 Å². The predicted octanol–water partition coefficient (Wildman–Crippen LogP) is 1.84. The molecule has 0 radical (unpaired) electrons. The Labute approximate surface area is 81.4 Å². The Hall–Kier alpha value is -1.26. The van der Waals surface area contributed by atoms with Gasteiger partial charge in [0.1, 0.15) is 6.54 Å². The van der Waals surface area contributed by atoms with Crippen molar-refractivity contribution < 1.29 is 8.78 Å². The zero-order valence-electron chi connectivity index (χ0n) is 8.50. The molecule has 5 heteroatoms. The van der Waals surface area contributed by atoms with Crippen LogP contribution in [-0.2, 0) is 6.54 Å². The molecule has 0 aliphatic heterocycles. The Kier molecular flexibility index (Phi) is 5.67. The Morgan fingerprint density at radius 1 is 1.50 bits per heavy atom. The minimum absolute atomic E-state index is 0.490. The Morgan fingerprint density at radius 3 is 2.50 bits per heavy atom. The summed E-state index contributed by atoms with van der Waals surface area (Å²) in [5.41, 5.74) is 0.181. The van der Waals surface area contributed by atoms with Gasteiger partial charge in [0, 0.05) is 6.07 Å². The minimum atomic E-state index is -2.54. The van der Waals surface area contributed by atoms with Crippen molar-refractivity contribution in [2.24, 2.45) is 0 Å². The van der Waals surface area contributed by atoms with Crippen LogP contribution in [-0.4, -0.2) is 16.2 Å². The SMILES string of the molecule is CC.Cc1cnn(CC(F)F)c(=O)c1. The maximum Gasteiger partial charge on any atom is 0.267 e. The first-order chi connectivity index (χ1) is 6.59. The van der Waals surface area contributed by atoms with Gasteiger partial charge in [0.05, 0.1) is 6.20 Å². The Bertz CT molecular complexity index is 323. The molecule has 0 unspecified atom stereocenters. The first-order valence-electron chi connectivity index (χ1n) is 4.41. The molecule has 0 aliphatic rings. The summed E-state index contributed by atoms with van der Waals surface area (Å²) < 4.78 is 24.4. The van der Waals surface area contributed by atoms with E-state index < -0.39 is 18.5 Å². The lowest BCUT2D eigenvalue weighted by Gasteiger charge is -2.01. The maximum absolute atomic E-state index is 11.8. The van der Waals surface area contributed by atoms with E-state index in [1.165, 1.54) is 12.3 Å². The van der Waals surface area contributed by atoms with Crippen LogP contribution in [0, 0.1) is 6.92 Å². The van der Waals surface area contributed by atoms with E-state index in [0.29, 0.717) is 5.56 Å². The van der Waals surface area contributed by atoms with E-state index in [-0.39, 0.29) is 0 Å². The summed E-state index contributed by atoms with van der Waals surface area (Å²) in [4.78, 5) is 10.9.